The maximum absolute atomic E-state index is 13.9. The Labute approximate surface area is 213 Å². The van der Waals surface area contributed by atoms with Crippen molar-refractivity contribution in [2.75, 3.05) is 6.54 Å². The van der Waals surface area contributed by atoms with Crippen molar-refractivity contribution in [3.8, 4) is 17.2 Å². The highest BCUT2D eigenvalue weighted by molar-refractivity contribution is 7.20. The largest absolute Gasteiger partial charge is 0.455 e. The SMILES string of the molecule is CCNC(=O)c1cc2c(=O)c(C)cn(-c3cc(C(C)(C)O)ccc3Oc3c(C)cc(F)cc3C)c2s1. The number of halogens is 1. The number of carbonyl (C=O) groups is 1. The summed E-state index contributed by atoms with van der Waals surface area (Å²) in [5, 5.41) is 13.9. The molecular weight excluding hydrogens is 479 g/mol. The fourth-order valence-electron chi connectivity index (χ4n) is 4.13. The molecule has 0 bridgehead atoms. The van der Waals surface area contributed by atoms with Crippen LogP contribution < -0.4 is 15.5 Å². The van der Waals surface area contributed by atoms with Gasteiger partial charge in [0, 0.05) is 18.3 Å². The maximum atomic E-state index is 13.9. The van der Waals surface area contributed by atoms with Crippen LogP contribution in [0.5, 0.6) is 11.5 Å². The lowest BCUT2D eigenvalue weighted by Crippen LogP contribution is -2.21. The topological polar surface area (TPSA) is 80.6 Å². The van der Waals surface area contributed by atoms with E-state index in [1.165, 1.54) is 23.5 Å². The van der Waals surface area contributed by atoms with E-state index in [-0.39, 0.29) is 17.2 Å². The number of amides is 1. The molecule has 0 saturated carbocycles. The van der Waals surface area contributed by atoms with Crippen LogP contribution in [-0.4, -0.2) is 22.1 Å². The van der Waals surface area contributed by atoms with Gasteiger partial charge < -0.3 is 19.7 Å². The molecule has 0 atom stereocenters. The summed E-state index contributed by atoms with van der Waals surface area (Å²) in [6.07, 6.45) is 1.71. The minimum absolute atomic E-state index is 0.153. The number of nitrogens with zero attached hydrogens (tertiary/aromatic N) is 1. The van der Waals surface area contributed by atoms with E-state index in [9.17, 15) is 19.1 Å². The maximum Gasteiger partial charge on any atom is 0.261 e. The van der Waals surface area contributed by atoms with E-state index in [2.05, 4.69) is 5.32 Å². The van der Waals surface area contributed by atoms with Gasteiger partial charge in [0.1, 0.15) is 16.4 Å². The van der Waals surface area contributed by atoms with Crippen molar-refractivity contribution >= 4 is 27.5 Å². The van der Waals surface area contributed by atoms with Gasteiger partial charge in [0.05, 0.1) is 21.6 Å². The predicted molar refractivity (Wildman–Crippen MR) is 141 cm³/mol. The van der Waals surface area contributed by atoms with Crippen LogP contribution in [0.3, 0.4) is 0 Å². The van der Waals surface area contributed by atoms with Crippen LogP contribution in [0, 0.1) is 26.6 Å². The number of aliphatic hydroxyl groups is 1. The number of aromatic nitrogens is 1. The van der Waals surface area contributed by atoms with Gasteiger partial charge in [-0.2, -0.15) is 0 Å². The molecule has 2 N–H and O–H groups in total. The van der Waals surface area contributed by atoms with Gasteiger partial charge in [-0.15, -0.1) is 11.3 Å². The molecule has 36 heavy (non-hydrogen) atoms. The van der Waals surface area contributed by atoms with E-state index in [0.717, 1.165) is 0 Å². The lowest BCUT2D eigenvalue weighted by molar-refractivity contribution is 0.0785. The third-order valence-electron chi connectivity index (χ3n) is 5.98. The van der Waals surface area contributed by atoms with Crippen molar-refractivity contribution in [1.82, 2.24) is 9.88 Å². The predicted octanol–water partition coefficient (Wildman–Crippen LogP) is 5.89. The average molecular weight is 509 g/mol. The van der Waals surface area contributed by atoms with Crippen LogP contribution in [0.2, 0.25) is 0 Å². The Hall–Kier alpha value is -3.49. The van der Waals surface area contributed by atoms with Crippen molar-refractivity contribution in [3.63, 3.8) is 0 Å². The number of aryl methyl sites for hydroxylation is 3. The number of nitrogens with one attached hydrogen (secondary N) is 1. The highest BCUT2D eigenvalue weighted by atomic mass is 32.1. The molecule has 0 aliphatic heterocycles. The van der Waals surface area contributed by atoms with E-state index < -0.39 is 5.60 Å². The summed E-state index contributed by atoms with van der Waals surface area (Å²) in [4.78, 5) is 26.5. The zero-order valence-electron chi connectivity index (χ0n) is 21.2. The van der Waals surface area contributed by atoms with Gasteiger partial charge in [0.15, 0.2) is 11.2 Å². The fourth-order valence-corrected chi connectivity index (χ4v) is 5.19. The molecule has 0 saturated heterocycles. The lowest BCUT2D eigenvalue weighted by atomic mass is 9.97. The summed E-state index contributed by atoms with van der Waals surface area (Å²) in [6.45, 7) is 10.9. The van der Waals surface area contributed by atoms with Gasteiger partial charge in [-0.1, -0.05) is 6.07 Å². The quantitative estimate of drug-likeness (QED) is 0.341. The first kappa shape index (κ1) is 25.6. The summed E-state index contributed by atoms with van der Waals surface area (Å²) < 4.78 is 22.1. The third kappa shape index (κ3) is 4.79. The van der Waals surface area contributed by atoms with Crippen LogP contribution in [0.1, 0.15) is 52.7 Å². The first-order valence-corrected chi connectivity index (χ1v) is 12.5. The van der Waals surface area contributed by atoms with Crippen LogP contribution in [0.15, 0.2) is 47.4 Å². The molecule has 4 rings (SSSR count). The molecule has 6 nitrogen and oxygen atoms in total. The van der Waals surface area contributed by atoms with Crippen LogP contribution >= 0.6 is 11.3 Å². The van der Waals surface area contributed by atoms with Gasteiger partial charge >= 0.3 is 0 Å². The highest BCUT2D eigenvalue weighted by Gasteiger charge is 2.22. The summed E-state index contributed by atoms with van der Waals surface area (Å²) in [5.74, 6) is 0.390. The average Bonchev–Trinajstić information content (AvgIpc) is 3.24. The molecule has 0 aliphatic carbocycles. The molecule has 188 valence electrons. The second-order valence-corrected chi connectivity index (χ2v) is 10.4. The Kier molecular flexibility index (Phi) is 6.77. The van der Waals surface area contributed by atoms with Gasteiger partial charge in [-0.05, 0) is 88.6 Å². The number of hydrogen-bond acceptors (Lipinski definition) is 5. The van der Waals surface area contributed by atoms with Crippen molar-refractivity contribution in [1.29, 1.82) is 0 Å². The zero-order chi connectivity index (χ0) is 26.4. The highest BCUT2D eigenvalue weighted by Crippen LogP contribution is 2.37. The number of thiophene rings is 1. The van der Waals surface area contributed by atoms with Gasteiger partial charge in [0.2, 0.25) is 0 Å². The second-order valence-electron chi connectivity index (χ2n) is 9.41. The molecule has 2 aromatic carbocycles. The van der Waals surface area contributed by atoms with Crippen molar-refractivity contribution < 1.29 is 19.0 Å². The summed E-state index contributed by atoms with van der Waals surface area (Å²) in [5.41, 5.74) is 1.71. The Morgan fingerprint density at radius 1 is 1.11 bits per heavy atom. The van der Waals surface area contributed by atoms with E-state index in [1.54, 1.807) is 65.1 Å². The first-order chi connectivity index (χ1) is 16.9. The number of pyridine rings is 1. The molecule has 0 spiro atoms. The summed E-state index contributed by atoms with van der Waals surface area (Å²) >= 11 is 1.21. The molecule has 0 unspecified atom stereocenters. The third-order valence-corrected chi connectivity index (χ3v) is 7.11. The lowest BCUT2D eigenvalue weighted by Gasteiger charge is -2.22. The van der Waals surface area contributed by atoms with Crippen molar-refractivity contribution in [2.24, 2.45) is 0 Å². The zero-order valence-corrected chi connectivity index (χ0v) is 22.0. The smallest absolute Gasteiger partial charge is 0.261 e. The van der Waals surface area contributed by atoms with Gasteiger partial charge in [0.25, 0.3) is 5.91 Å². The van der Waals surface area contributed by atoms with Crippen LogP contribution in [0.25, 0.3) is 15.9 Å². The molecule has 0 aliphatic rings. The monoisotopic (exact) mass is 508 g/mol. The number of ether oxygens (including phenoxy) is 1. The molecule has 2 heterocycles. The number of benzene rings is 2. The molecular formula is C28H29FN2O4S. The van der Waals surface area contributed by atoms with Gasteiger partial charge in [-0.3, -0.25) is 9.59 Å². The number of hydrogen-bond donors (Lipinski definition) is 2. The first-order valence-electron chi connectivity index (χ1n) is 11.7. The van der Waals surface area contributed by atoms with Gasteiger partial charge in [-0.25, -0.2) is 4.39 Å². The van der Waals surface area contributed by atoms with E-state index in [1.807, 2.05) is 11.5 Å². The van der Waals surface area contributed by atoms with E-state index >= 15 is 0 Å². The minimum Gasteiger partial charge on any atom is -0.455 e. The second kappa shape index (κ2) is 9.52. The Bertz CT molecular complexity index is 1520. The molecule has 0 fully saturated rings. The number of carbonyl (C=O) groups excluding carboxylic acids is 1. The van der Waals surface area contributed by atoms with E-state index in [0.29, 0.717) is 61.1 Å². The standard InChI is InChI=1S/C28H29FN2O4S/c1-7-30-26(33)23-13-20-24(32)17(4)14-31(27(20)36-23)21-12-18(28(5,6)34)8-9-22(21)35-25-15(2)10-19(29)11-16(25)3/h8-14,34H,7H2,1-6H3,(H,30,33). The Morgan fingerprint density at radius 3 is 2.39 bits per heavy atom. The van der Waals surface area contributed by atoms with E-state index in [4.69, 9.17) is 4.74 Å². The number of fused-ring (bicyclic) bond motifs is 1. The fraction of sp³-hybridized carbons (Fsp3) is 0.286. The summed E-state index contributed by atoms with van der Waals surface area (Å²) in [7, 11) is 0. The van der Waals surface area contributed by atoms with Crippen molar-refractivity contribution in [3.05, 3.63) is 85.8 Å². The molecule has 0 radical (unpaired) electrons. The molecule has 8 heteroatoms. The Balaban J connectivity index is 2.00. The molecule has 4 aromatic rings. The van der Waals surface area contributed by atoms with Crippen LogP contribution in [0.4, 0.5) is 4.39 Å². The molecule has 2 aromatic heterocycles. The Morgan fingerprint density at radius 2 is 1.78 bits per heavy atom. The van der Waals surface area contributed by atoms with Crippen LogP contribution in [-0.2, 0) is 5.60 Å². The normalized spacial score (nSPS) is 11.7. The number of rotatable bonds is 6. The summed E-state index contributed by atoms with van der Waals surface area (Å²) in [6, 6.07) is 9.76. The molecule has 1 amide bonds. The minimum atomic E-state index is -1.14. The van der Waals surface area contributed by atoms with Crippen molar-refractivity contribution in [2.45, 2.75) is 47.1 Å².